The maximum Gasteiger partial charge on any atom is 0.261 e. The van der Waals surface area contributed by atoms with Crippen molar-refractivity contribution in [2.75, 3.05) is 11.9 Å². The highest BCUT2D eigenvalue weighted by Crippen LogP contribution is 2.22. The minimum Gasteiger partial charge on any atom is -0.367 e. The second kappa shape index (κ2) is 12.8. The van der Waals surface area contributed by atoms with Crippen molar-refractivity contribution in [3.8, 4) is 0 Å². The van der Waals surface area contributed by atoms with Gasteiger partial charge in [0, 0.05) is 40.6 Å². The number of hydrogen-bond donors (Lipinski definition) is 2. The molecule has 0 bridgehead atoms. The first kappa shape index (κ1) is 30.9. The molecule has 0 fully saturated rings. The van der Waals surface area contributed by atoms with Gasteiger partial charge in [-0.1, -0.05) is 60.4 Å². The maximum absolute atomic E-state index is 13.2. The summed E-state index contributed by atoms with van der Waals surface area (Å²) in [6.45, 7) is 5.11. The highest BCUT2D eigenvalue weighted by atomic mass is 79.9. The van der Waals surface area contributed by atoms with E-state index in [1.54, 1.807) is 42.5 Å². The summed E-state index contributed by atoms with van der Waals surface area (Å²) in [5, 5.41) is 7.54. The van der Waals surface area contributed by atoms with Gasteiger partial charge in [0.2, 0.25) is 11.8 Å². The van der Waals surface area contributed by atoms with Crippen molar-refractivity contribution < 1.29 is 23.1 Å². The Morgan fingerprint density at radius 3 is 2.51 bits per heavy atom. The SMILES string of the molecule is Cn1c(Cc2cc(CNC(=O)C(C)(C)C)ccc2Cl)nc2c1=CC(OCC(F)F)C(C(=O)Nc1ccc(Br)cc1)C=2. The van der Waals surface area contributed by atoms with Gasteiger partial charge >= 0.3 is 0 Å². The first-order valence-corrected chi connectivity index (χ1v) is 14.3. The number of imidazole rings is 1. The first-order valence-electron chi connectivity index (χ1n) is 13.1. The molecule has 0 saturated heterocycles. The Bertz CT molecular complexity index is 1550. The molecule has 4 rings (SSSR count). The van der Waals surface area contributed by atoms with E-state index in [1.807, 2.05) is 44.5 Å². The average Bonchev–Trinajstić information content (AvgIpc) is 3.21. The number of carbonyl (C=O) groups excluding carboxylic acids is 2. The van der Waals surface area contributed by atoms with Gasteiger partial charge in [-0.3, -0.25) is 9.59 Å². The quantitative estimate of drug-likeness (QED) is 0.356. The van der Waals surface area contributed by atoms with E-state index in [2.05, 4.69) is 26.6 Å². The summed E-state index contributed by atoms with van der Waals surface area (Å²) in [4.78, 5) is 30.3. The van der Waals surface area contributed by atoms with Gasteiger partial charge in [-0.15, -0.1) is 0 Å². The van der Waals surface area contributed by atoms with Crippen LogP contribution in [0.1, 0.15) is 37.7 Å². The number of hydrogen-bond acceptors (Lipinski definition) is 4. The maximum atomic E-state index is 13.2. The van der Waals surface area contributed by atoms with Gasteiger partial charge in [-0.2, -0.15) is 0 Å². The summed E-state index contributed by atoms with van der Waals surface area (Å²) in [6, 6.07) is 12.6. The number of fused-ring (bicyclic) bond motifs is 1. The molecule has 1 heterocycles. The number of rotatable bonds is 9. The van der Waals surface area contributed by atoms with Crippen LogP contribution in [-0.2, 0) is 34.3 Å². The van der Waals surface area contributed by atoms with Crippen molar-refractivity contribution in [3.63, 3.8) is 0 Å². The molecule has 2 unspecified atom stereocenters. The topological polar surface area (TPSA) is 85.2 Å². The van der Waals surface area contributed by atoms with Gasteiger partial charge in [-0.25, -0.2) is 13.8 Å². The van der Waals surface area contributed by atoms with E-state index in [4.69, 9.17) is 21.3 Å². The number of halogens is 4. The molecule has 1 aromatic heterocycles. The van der Waals surface area contributed by atoms with E-state index >= 15 is 0 Å². The molecule has 2 N–H and O–H groups in total. The van der Waals surface area contributed by atoms with E-state index in [-0.39, 0.29) is 5.91 Å². The number of carbonyl (C=O) groups is 2. The van der Waals surface area contributed by atoms with Crippen molar-refractivity contribution in [2.24, 2.45) is 18.4 Å². The molecule has 2 amide bonds. The number of anilines is 1. The van der Waals surface area contributed by atoms with E-state index < -0.39 is 36.4 Å². The van der Waals surface area contributed by atoms with E-state index in [0.717, 1.165) is 15.6 Å². The zero-order valence-corrected chi connectivity index (χ0v) is 25.5. The van der Waals surface area contributed by atoms with Crippen LogP contribution in [0.15, 0.2) is 46.9 Å². The van der Waals surface area contributed by atoms with Crippen molar-refractivity contribution in [3.05, 3.63) is 79.6 Å². The number of nitrogens with one attached hydrogen (secondary N) is 2. The second-order valence-corrected chi connectivity index (χ2v) is 12.3. The first-order chi connectivity index (χ1) is 19.3. The Labute approximate surface area is 250 Å². The minimum atomic E-state index is -2.68. The smallest absolute Gasteiger partial charge is 0.261 e. The van der Waals surface area contributed by atoms with Crippen LogP contribution in [0, 0.1) is 11.3 Å². The van der Waals surface area contributed by atoms with Crippen LogP contribution in [0.2, 0.25) is 5.02 Å². The van der Waals surface area contributed by atoms with Gasteiger partial charge < -0.3 is 19.9 Å². The number of ether oxygens (including phenoxy) is 1. The lowest BCUT2D eigenvalue weighted by Gasteiger charge is -2.23. The van der Waals surface area contributed by atoms with E-state index in [1.165, 1.54) is 0 Å². The summed E-state index contributed by atoms with van der Waals surface area (Å²) < 4.78 is 34.3. The van der Waals surface area contributed by atoms with Crippen molar-refractivity contribution in [2.45, 2.75) is 46.3 Å². The fraction of sp³-hybridized carbons (Fsp3) is 0.367. The standard InChI is InChI=1S/C30H32BrClF2N4O3/c1-30(2,3)29(40)35-15-17-5-10-22(32)18(11-17)12-27-37-23-13-21(28(39)36-20-8-6-19(31)7-9-20)25(41-16-26(33)34)14-24(23)38(27)4/h5-11,13-14,21,25-26H,12,15-16H2,1-4H3,(H,35,40)(H,36,39). The predicted octanol–water partition coefficient (Wildman–Crippen LogP) is 4.57. The number of aromatic nitrogens is 2. The molecule has 2 aromatic carbocycles. The van der Waals surface area contributed by atoms with Crippen LogP contribution >= 0.6 is 27.5 Å². The summed E-state index contributed by atoms with van der Waals surface area (Å²) in [5.74, 6) is -0.652. The number of nitrogens with zero attached hydrogens (tertiary/aromatic N) is 2. The molecule has 1 aliphatic carbocycles. The molecule has 3 aromatic rings. The fourth-order valence-electron chi connectivity index (χ4n) is 4.39. The van der Waals surface area contributed by atoms with Crippen LogP contribution in [0.3, 0.4) is 0 Å². The number of alkyl halides is 2. The number of benzene rings is 2. The lowest BCUT2D eigenvalue weighted by atomic mass is 9.95. The van der Waals surface area contributed by atoms with E-state index in [9.17, 15) is 18.4 Å². The number of amides is 2. The fourth-order valence-corrected chi connectivity index (χ4v) is 4.84. The molecular formula is C30H32BrClF2N4O3. The van der Waals surface area contributed by atoms with Gasteiger partial charge in [0.1, 0.15) is 12.4 Å². The molecule has 41 heavy (non-hydrogen) atoms. The van der Waals surface area contributed by atoms with Gasteiger partial charge in [0.05, 0.1) is 22.7 Å². The third-order valence-electron chi connectivity index (χ3n) is 6.70. The molecule has 218 valence electrons. The molecular weight excluding hydrogens is 618 g/mol. The molecule has 1 aliphatic rings. The summed E-state index contributed by atoms with van der Waals surface area (Å²) in [7, 11) is 1.82. The van der Waals surface area contributed by atoms with Crippen LogP contribution in [0.25, 0.3) is 12.2 Å². The van der Waals surface area contributed by atoms with Crippen LogP contribution < -0.4 is 21.3 Å². The monoisotopic (exact) mass is 648 g/mol. The van der Waals surface area contributed by atoms with Crippen LogP contribution in [-0.4, -0.2) is 40.5 Å². The highest BCUT2D eigenvalue weighted by molar-refractivity contribution is 9.10. The lowest BCUT2D eigenvalue weighted by Crippen LogP contribution is -2.43. The normalized spacial score (nSPS) is 16.5. The van der Waals surface area contributed by atoms with Crippen molar-refractivity contribution in [1.29, 1.82) is 0 Å². The average molecular weight is 650 g/mol. The van der Waals surface area contributed by atoms with Crippen LogP contribution in [0.5, 0.6) is 0 Å². The lowest BCUT2D eigenvalue weighted by molar-refractivity contribution is -0.128. The van der Waals surface area contributed by atoms with Gasteiger partial charge in [-0.05, 0) is 53.6 Å². The van der Waals surface area contributed by atoms with E-state index in [0.29, 0.717) is 40.2 Å². The third-order valence-corrected chi connectivity index (χ3v) is 7.59. The van der Waals surface area contributed by atoms with Crippen LogP contribution in [0.4, 0.5) is 14.5 Å². The summed E-state index contributed by atoms with van der Waals surface area (Å²) in [5.41, 5.74) is 1.77. The molecule has 0 saturated carbocycles. The molecule has 0 aliphatic heterocycles. The zero-order valence-electron chi connectivity index (χ0n) is 23.2. The Kier molecular flexibility index (Phi) is 9.66. The Balaban J connectivity index is 1.61. The summed E-state index contributed by atoms with van der Waals surface area (Å²) in [6.07, 6.45) is 0.116. The zero-order chi connectivity index (χ0) is 29.9. The van der Waals surface area contributed by atoms with Gasteiger partial charge in [0.15, 0.2) is 0 Å². The van der Waals surface area contributed by atoms with Crippen molar-refractivity contribution >= 4 is 57.2 Å². The third kappa shape index (κ3) is 7.81. The molecule has 7 nitrogen and oxygen atoms in total. The Morgan fingerprint density at radius 1 is 1.15 bits per heavy atom. The highest BCUT2D eigenvalue weighted by Gasteiger charge is 2.30. The largest absolute Gasteiger partial charge is 0.367 e. The predicted molar refractivity (Wildman–Crippen MR) is 159 cm³/mol. The molecule has 0 radical (unpaired) electrons. The van der Waals surface area contributed by atoms with Gasteiger partial charge in [0.25, 0.3) is 6.43 Å². The molecule has 11 heteroatoms. The Hall–Kier alpha value is -3.08. The van der Waals surface area contributed by atoms with Crippen molar-refractivity contribution in [1.82, 2.24) is 14.9 Å². The summed E-state index contributed by atoms with van der Waals surface area (Å²) >= 11 is 9.88. The Morgan fingerprint density at radius 2 is 1.85 bits per heavy atom. The molecule has 0 spiro atoms. The molecule has 2 atom stereocenters. The minimum absolute atomic E-state index is 0.0563. The second-order valence-electron chi connectivity index (χ2n) is 10.9.